The van der Waals surface area contributed by atoms with Crippen molar-refractivity contribution in [1.82, 2.24) is 14.7 Å². The van der Waals surface area contributed by atoms with Crippen LogP contribution in [0.1, 0.15) is 24.8 Å². The molecule has 0 aromatic carbocycles. The van der Waals surface area contributed by atoms with E-state index in [4.69, 9.17) is 4.74 Å². The summed E-state index contributed by atoms with van der Waals surface area (Å²) in [4.78, 5) is 7.03. The first-order chi connectivity index (χ1) is 16.2. The number of nitrogens with one attached hydrogen (secondary N) is 2. The summed E-state index contributed by atoms with van der Waals surface area (Å²) >= 11 is 1.01. The lowest BCUT2D eigenvalue weighted by atomic mass is 9.92. The predicted molar refractivity (Wildman–Crippen MR) is 113 cm³/mol. The zero-order valence-electron chi connectivity index (χ0n) is 17.9. The van der Waals surface area contributed by atoms with Gasteiger partial charge in [-0.15, -0.1) is 11.3 Å². The highest BCUT2D eigenvalue weighted by Gasteiger charge is 2.71. The van der Waals surface area contributed by atoms with Crippen LogP contribution in [0.3, 0.4) is 0 Å². The van der Waals surface area contributed by atoms with Crippen LogP contribution in [0, 0.1) is 5.92 Å². The summed E-state index contributed by atoms with van der Waals surface area (Å²) in [6, 6.07) is 2.34. The van der Waals surface area contributed by atoms with Gasteiger partial charge in [-0.2, -0.15) is 26.3 Å². The van der Waals surface area contributed by atoms with E-state index in [9.17, 15) is 39.9 Å². The molecule has 1 fully saturated rings. The third-order valence-corrected chi connectivity index (χ3v) is 8.28. The lowest BCUT2D eigenvalue weighted by Crippen LogP contribution is -2.54. The van der Waals surface area contributed by atoms with Crippen LogP contribution < -0.4 is 10.0 Å². The van der Waals surface area contributed by atoms with Crippen molar-refractivity contribution in [2.24, 2.45) is 5.92 Å². The molecule has 1 aliphatic heterocycles. The fraction of sp³-hybridized carbons (Fsp3) is 0.579. The number of anilines is 1. The van der Waals surface area contributed by atoms with Crippen LogP contribution in [0.4, 0.5) is 32.3 Å². The summed E-state index contributed by atoms with van der Waals surface area (Å²) in [7, 11) is -3.82. The number of thiophene rings is 1. The van der Waals surface area contributed by atoms with E-state index in [2.05, 4.69) is 20.0 Å². The van der Waals surface area contributed by atoms with Gasteiger partial charge in [-0.1, -0.05) is 6.07 Å². The second kappa shape index (κ2) is 10.5. The van der Waals surface area contributed by atoms with Gasteiger partial charge in [0.1, 0.15) is 4.21 Å². The van der Waals surface area contributed by atoms with Crippen LogP contribution >= 0.6 is 11.3 Å². The Labute approximate surface area is 200 Å². The monoisotopic (exact) mass is 548 g/mol. The van der Waals surface area contributed by atoms with E-state index < -0.39 is 39.6 Å². The van der Waals surface area contributed by atoms with E-state index in [1.54, 1.807) is 11.4 Å². The molecule has 1 saturated heterocycles. The van der Waals surface area contributed by atoms with Gasteiger partial charge in [0.2, 0.25) is 16.0 Å². The lowest BCUT2D eigenvalue weighted by Gasteiger charge is -2.32. The number of ether oxygens (including phenoxy) is 1. The molecule has 16 heteroatoms. The molecule has 3 N–H and O–H groups in total. The molecular weight excluding hydrogens is 526 g/mol. The molecule has 3 rings (SSSR count). The number of halogens is 6. The highest BCUT2D eigenvalue weighted by molar-refractivity contribution is 7.91. The molecule has 0 radical (unpaired) electrons. The molecule has 0 bridgehead atoms. The Hall–Kier alpha value is -2.01. The zero-order valence-corrected chi connectivity index (χ0v) is 19.6. The molecule has 0 aliphatic carbocycles. The minimum atomic E-state index is -6.06. The van der Waals surface area contributed by atoms with Crippen LogP contribution in [0.15, 0.2) is 34.1 Å². The molecule has 0 saturated carbocycles. The Morgan fingerprint density at radius 3 is 2.23 bits per heavy atom. The normalized spacial score (nSPS) is 17.3. The summed E-state index contributed by atoms with van der Waals surface area (Å²) < 4.78 is 111. The first-order valence-corrected chi connectivity index (χ1v) is 12.7. The van der Waals surface area contributed by atoms with Crippen LogP contribution in [-0.4, -0.2) is 61.6 Å². The summed E-state index contributed by atoms with van der Waals surface area (Å²) in [6.45, 7) is 0.881. The van der Waals surface area contributed by atoms with Crippen LogP contribution in [-0.2, 0) is 20.4 Å². The summed E-state index contributed by atoms with van der Waals surface area (Å²) in [5, 5.41) is 13.8. The summed E-state index contributed by atoms with van der Waals surface area (Å²) in [5.41, 5.74) is -6.74. The molecule has 2 aromatic heterocycles. The van der Waals surface area contributed by atoms with Crippen molar-refractivity contribution in [3.63, 3.8) is 0 Å². The van der Waals surface area contributed by atoms with Gasteiger partial charge in [-0.25, -0.2) is 23.1 Å². The van der Waals surface area contributed by atoms with Gasteiger partial charge in [0.15, 0.2) is 0 Å². The molecule has 8 nitrogen and oxygen atoms in total. The Morgan fingerprint density at radius 2 is 1.71 bits per heavy atom. The van der Waals surface area contributed by atoms with Gasteiger partial charge in [-0.3, -0.25) is 0 Å². The Balaban J connectivity index is 1.78. The predicted octanol–water partition coefficient (Wildman–Crippen LogP) is 3.43. The van der Waals surface area contributed by atoms with Gasteiger partial charge in [0.25, 0.3) is 5.60 Å². The largest absolute Gasteiger partial charge is 0.430 e. The first kappa shape index (κ1) is 27.6. The molecular formula is C19H22F6N4O4S2. The molecule has 3 heterocycles. The number of alkyl halides is 6. The van der Waals surface area contributed by atoms with E-state index in [0.29, 0.717) is 32.5 Å². The summed E-state index contributed by atoms with van der Waals surface area (Å²) in [6.07, 6.45) is -9.85. The highest BCUT2D eigenvalue weighted by Crippen LogP contribution is 2.49. The Morgan fingerprint density at radius 1 is 1.11 bits per heavy atom. The van der Waals surface area contributed by atoms with Gasteiger partial charge >= 0.3 is 12.4 Å². The van der Waals surface area contributed by atoms with Crippen LogP contribution in [0.5, 0.6) is 0 Å². The van der Waals surface area contributed by atoms with Crippen molar-refractivity contribution in [3.05, 3.63) is 35.5 Å². The number of aromatic nitrogens is 2. The maximum atomic E-state index is 13.1. The minimum absolute atomic E-state index is 0.0847. The molecule has 0 amide bonds. The van der Waals surface area contributed by atoms with Gasteiger partial charge in [-0.05, 0) is 36.6 Å². The zero-order chi connectivity index (χ0) is 25.9. The minimum Gasteiger partial charge on any atom is -0.381 e. The molecule has 1 atom stereocenters. The van der Waals surface area contributed by atoms with E-state index in [1.165, 1.54) is 6.07 Å². The molecule has 2 aromatic rings. The molecule has 1 unspecified atom stereocenters. The van der Waals surface area contributed by atoms with E-state index in [-0.39, 0.29) is 35.0 Å². The fourth-order valence-electron chi connectivity index (χ4n) is 3.54. The third kappa shape index (κ3) is 6.41. The van der Waals surface area contributed by atoms with Gasteiger partial charge < -0.3 is 15.2 Å². The van der Waals surface area contributed by atoms with E-state index in [0.717, 1.165) is 11.3 Å². The first-order valence-electron chi connectivity index (χ1n) is 10.3. The quantitative estimate of drug-likeness (QED) is 0.412. The standard InChI is InChI=1S/C19H22F6N4O4S2/c20-18(21,22)17(30,19(23,24)25)13-9-26-16(27-10-13)29-14(8-12-3-5-33-6-4-12)11-28-35(31,32)15-2-1-7-34-15/h1-2,7,9-10,12,14,28,30H,3-6,8,11H2,(H,26,27,29). The highest BCUT2D eigenvalue weighted by atomic mass is 32.2. The smallest absolute Gasteiger partial charge is 0.381 e. The lowest BCUT2D eigenvalue weighted by molar-refractivity contribution is -0.376. The summed E-state index contributed by atoms with van der Waals surface area (Å²) in [5.74, 6) is -0.194. The Bertz CT molecular complexity index is 1040. The van der Waals surface area contributed by atoms with Gasteiger partial charge in [0, 0.05) is 43.8 Å². The second-order valence-electron chi connectivity index (χ2n) is 7.92. The van der Waals surface area contributed by atoms with Crippen LogP contribution in [0.2, 0.25) is 0 Å². The number of rotatable bonds is 9. The van der Waals surface area contributed by atoms with Crippen molar-refractivity contribution in [2.75, 3.05) is 25.1 Å². The number of hydrogen-bond donors (Lipinski definition) is 3. The topological polar surface area (TPSA) is 113 Å². The number of hydrogen-bond acceptors (Lipinski definition) is 8. The second-order valence-corrected chi connectivity index (χ2v) is 10.9. The molecule has 35 heavy (non-hydrogen) atoms. The molecule has 196 valence electrons. The van der Waals surface area contributed by atoms with Crippen molar-refractivity contribution < 1.29 is 44.6 Å². The average molecular weight is 549 g/mol. The van der Waals surface area contributed by atoms with E-state index in [1.807, 2.05) is 0 Å². The van der Waals surface area contributed by atoms with Crippen molar-refractivity contribution in [2.45, 2.75) is 47.5 Å². The number of sulfonamides is 1. The van der Waals surface area contributed by atoms with Crippen molar-refractivity contribution in [3.8, 4) is 0 Å². The number of nitrogens with zero attached hydrogens (tertiary/aromatic N) is 2. The SMILES string of the molecule is O=S(=O)(NCC(CC1CCOCC1)Nc1ncc(C(O)(C(F)(F)F)C(F)(F)F)cn1)c1cccs1. The molecule has 0 spiro atoms. The third-order valence-electron chi connectivity index (χ3n) is 5.46. The van der Waals surface area contributed by atoms with Crippen molar-refractivity contribution >= 4 is 27.3 Å². The van der Waals surface area contributed by atoms with Gasteiger partial charge in [0.05, 0.1) is 0 Å². The average Bonchev–Trinajstić information content (AvgIpc) is 3.33. The van der Waals surface area contributed by atoms with Crippen molar-refractivity contribution in [1.29, 1.82) is 0 Å². The van der Waals surface area contributed by atoms with Crippen LogP contribution in [0.25, 0.3) is 0 Å². The fourth-order valence-corrected chi connectivity index (χ4v) is 5.65. The number of aliphatic hydroxyl groups is 1. The molecule has 1 aliphatic rings. The maximum Gasteiger partial charge on any atom is 0.430 e. The maximum absolute atomic E-state index is 13.1. The van der Waals surface area contributed by atoms with E-state index >= 15 is 0 Å². The Kier molecular flexibility index (Phi) is 8.30.